The number of hydrogen-bond donors (Lipinski definition) is 0. The third-order valence-corrected chi connectivity index (χ3v) is 4.51. The van der Waals surface area contributed by atoms with Gasteiger partial charge in [-0.3, -0.25) is 0 Å². The van der Waals surface area contributed by atoms with Crippen LogP contribution < -0.4 is 0 Å². The van der Waals surface area contributed by atoms with Crippen LogP contribution >= 0.6 is 0 Å². The van der Waals surface area contributed by atoms with E-state index in [0.717, 1.165) is 25.7 Å². The van der Waals surface area contributed by atoms with E-state index in [9.17, 15) is 0 Å². The van der Waals surface area contributed by atoms with E-state index in [-0.39, 0.29) is 0 Å². The number of rotatable bonds is 8. The third-order valence-electron chi connectivity index (χ3n) is 4.51. The normalized spacial score (nSPS) is 14.5. The maximum atomic E-state index is 3.48. The van der Waals surface area contributed by atoms with Crippen molar-refractivity contribution in [2.24, 2.45) is 0 Å². The second-order valence-corrected chi connectivity index (χ2v) is 6.74. The average Bonchev–Trinajstić information content (AvgIpc) is 2.79. The molecule has 1 aliphatic carbocycles. The molecule has 0 N–H and O–H groups in total. The highest BCUT2D eigenvalue weighted by atomic mass is 14.1. The third kappa shape index (κ3) is 10.3. The molecule has 23 heavy (non-hydrogen) atoms. The molecule has 0 fully saturated rings. The van der Waals surface area contributed by atoms with Crippen LogP contribution in [0.15, 0.2) is 11.1 Å². The molecule has 0 saturated heterocycles. The van der Waals surface area contributed by atoms with Crippen LogP contribution in [0.3, 0.4) is 0 Å². The zero-order chi connectivity index (χ0) is 16.6. The van der Waals surface area contributed by atoms with Crippen LogP contribution in [0, 0.1) is 23.7 Å². The van der Waals surface area contributed by atoms with Crippen LogP contribution in [0.5, 0.6) is 0 Å². The summed E-state index contributed by atoms with van der Waals surface area (Å²) in [6.45, 7) is 4.52. The highest BCUT2D eigenvalue weighted by Gasteiger charge is 2.07. The standard InChI is InChI=1S/C23H36/c1-3-5-7-9-11-14-18-22-20-16-13-17-21-23(22)19-15-12-10-8-6-4-2/h3-13,16-17,20-21H2,1-2H3. The molecule has 128 valence electrons. The van der Waals surface area contributed by atoms with Crippen LogP contribution in [-0.4, -0.2) is 0 Å². The summed E-state index contributed by atoms with van der Waals surface area (Å²) in [5.74, 6) is 13.8. The predicted octanol–water partition coefficient (Wildman–Crippen LogP) is 7.19. The Labute approximate surface area is 145 Å². The van der Waals surface area contributed by atoms with Gasteiger partial charge in [0.2, 0.25) is 0 Å². The molecule has 0 amide bonds. The maximum Gasteiger partial charge on any atom is 0.0136 e. The molecule has 0 radical (unpaired) electrons. The molecule has 1 rings (SSSR count). The van der Waals surface area contributed by atoms with Gasteiger partial charge in [0.15, 0.2) is 0 Å². The van der Waals surface area contributed by atoms with E-state index in [1.165, 1.54) is 81.8 Å². The summed E-state index contributed by atoms with van der Waals surface area (Å²) in [7, 11) is 0. The minimum atomic E-state index is 1.06. The van der Waals surface area contributed by atoms with Gasteiger partial charge < -0.3 is 0 Å². The molecule has 0 aromatic rings. The van der Waals surface area contributed by atoms with E-state index in [4.69, 9.17) is 0 Å². The van der Waals surface area contributed by atoms with Gasteiger partial charge in [0.25, 0.3) is 0 Å². The van der Waals surface area contributed by atoms with Crippen molar-refractivity contribution in [3.8, 4) is 23.7 Å². The molecule has 0 unspecified atom stereocenters. The van der Waals surface area contributed by atoms with E-state index in [0.29, 0.717) is 0 Å². The lowest BCUT2D eigenvalue weighted by molar-refractivity contribution is 0.679. The molecule has 0 bridgehead atoms. The van der Waals surface area contributed by atoms with Crippen molar-refractivity contribution in [2.75, 3.05) is 0 Å². The molecule has 0 saturated carbocycles. The Morgan fingerprint density at radius 2 is 1.09 bits per heavy atom. The lowest BCUT2D eigenvalue weighted by atomic mass is 10.0. The first-order valence-electron chi connectivity index (χ1n) is 10.1. The minimum Gasteiger partial charge on any atom is -0.0982 e. The first-order valence-corrected chi connectivity index (χ1v) is 10.1. The lowest BCUT2D eigenvalue weighted by Gasteiger charge is -2.00. The highest BCUT2D eigenvalue weighted by molar-refractivity contribution is 5.43. The zero-order valence-electron chi connectivity index (χ0n) is 15.6. The highest BCUT2D eigenvalue weighted by Crippen LogP contribution is 2.23. The lowest BCUT2D eigenvalue weighted by Crippen LogP contribution is -1.86. The van der Waals surface area contributed by atoms with Crippen LogP contribution in [0.1, 0.15) is 110 Å². The Kier molecular flexibility index (Phi) is 12.5. The zero-order valence-corrected chi connectivity index (χ0v) is 15.6. The quantitative estimate of drug-likeness (QED) is 0.328. The monoisotopic (exact) mass is 312 g/mol. The number of hydrogen-bond acceptors (Lipinski definition) is 0. The fourth-order valence-corrected chi connectivity index (χ4v) is 2.98. The van der Waals surface area contributed by atoms with Crippen molar-refractivity contribution in [2.45, 2.75) is 110 Å². The second-order valence-electron chi connectivity index (χ2n) is 6.74. The largest absolute Gasteiger partial charge is 0.0982 e. The molecule has 0 nitrogen and oxygen atoms in total. The molecule has 0 aromatic heterocycles. The van der Waals surface area contributed by atoms with Gasteiger partial charge in [0, 0.05) is 24.0 Å². The van der Waals surface area contributed by atoms with Crippen molar-refractivity contribution in [1.29, 1.82) is 0 Å². The summed E-state index contributed by atoms with van der Waals surface area (Å²) < 4.78 is 0. The first kappa shape index (κ1) is 19.9. The van der Waals surface area contributed by atoms with Crippen molar-refractivity contribution in [3.05, 3.63) is 11.1 Å². The summed E-state index contributed by atoms with van der Waals surface area (Å²) in [6.07, 6.45) is 18.8. The van der Waals surface area contributed by atoms with Gasteiger partial charge in [-0.1, -0.05) is 82.5 Å². The topological polar surface area (TPSA) is 0 Å². The fourth-order valence-electron chi connectivity index (χ4n) is 2.98. The molecule has 0 heterocycles. The van der Waals surface area contributed by atoms with E-state index in [2.05, 4.69) is 37.5 Å². The Balaban J connectivity index is 2.52. The van der Waals surface area contributed by atoms with Crippen LogP contribution in [0.4, 0.5) is 0 Å². The summed E-state index contributed by atoms with van der Waals surface area (Å²) in [5, 5.41) is 0. The van der Waals surface area contributed by atoms with Crippen molar-refractivity contribution in [1.82, 2.24) is 0 Å². The first-order chi connectivity index (χ1) is 11.4. The van der Waals surface area contributed by atoms with Gasteiger partial charge in [-0.25, -0.2) is 0 Å². The summed E-state index contributed by atoms with van der Waals surface area (Å²) in [6, 6.07) is 0. The van der Waals surface area contributed by atoms with E-state index < -0.39 is 0 Å². The van der Waals surface area contributed by atoms with Crippen molar-refractivity contribution < 1.29 is 0 Å². The van der Waals surface area contributed by atoms with Crippen LogP contribution in [-0.2, 0) is 0 Å². The smallest absolute Gasteiger partial charge is 0.0136 e. The molecule has 1 aliphatic rings. The van der Waals surface area contributed by atoms with E-state index >= 15 is 0 Å². The minimum absolute atomic E-state index is 1.06. The van der Waals surface area contributed by atoms with Crippen molar-refractivity contribution in [3.63, 3.8) is 0 Å². The van der Waals surface area contributed by atoms with Gasteiger partial charge in [-0.05, 0) is 38.5 Å². The molecule has 0 aromatic carbocycles. The Bertz CT molecular complexity index is 402. The molecule has 0 aliphatic heterocycles. The molecular weight excluding hydrogens is 276 g/mol. The van der Waals surface area contributed by atoms with E-state index in [1.54, 1.807) is 0 Å². The molecular formula is C23H36. The molecule has 0 atom stereocenters. The van der Waals surface area contributed by atoms with Gasteiger partial charge >= 0.3 is 0 Å². The summed E-state index contributed by atoms with van der Waals surface area (Å²) >= 11 is 0. The number of unbranched alkanes of at least 4 members (excludes halogenated alkanes) is 8. The van der Waals surface area contributed by atoms with Crippen molar-refractivity contribution >= 4 is 0 Å². The van der Waals surface area contributed by atoms with Gasteiger partial charge in [0.05, 0.1) is 0 Å². The molecule has 0 spiro atoms. The molecule has 0 heteroatoms. The summed E-state index contributed by atoms with van der Waals surface area (Å²) in [5.41, 5.74) is 2.72. The SMILES string of the molecule is CCCCCCC#CC1=C(C#CCCCCCC)CCCCC1. The Hall–Kier alpha value is -1.14. The summed E-state index contributed by atoms with van der Waals surface area (Å²) in [4.78, 5) is 0. The van der Waals surface area contributed by atoms with Gasteiger partial charge in [0.1, 0.15) is 0 Å². The fraction of sp³-hybridized carbons (Fsp3) is 0.739. The van der Waals surface area contributed by atoms with Crippen LogP contribution in [0.2, 0.25) is 0 Å². The second kappa shape index (κ2) is 14.5. The predicted molar refractivity (Wildman–Crippen MR) is 103 cm³/mol. The van der Waals surface area contributed by atoms with Crippen LogP contribution in [0.25, 0.3) is 0 Å². The number of allylic oxidation sites excluding steroid dienone is 2. The van der Waals surface area contributed by atoms with E-state index in [1.807, 2.05) is 0 Å². The Morgan fingerprint density at radius 1 is 0.609 bits per heavy atom. The Morgan fingerprint density at radius 3 is 1.52 bits per heavy atom. The maximum absolute atomic E-state index is 3.48. The average molecular weight is 313 g/mol. The van der Waals surface area contributed by atoms with Gasteiger partial charge in [-0.15, -0.1) is 0 Å². The van der Waals surface area contributed by atoms with Gasteiger partial charge in [-0.2, -0.15) is 0 Å².